The molecule has 0 saturated heterocycles. The van der Waals surface area contributed by atoms with Crippen molar-refractivity contribution in [1.82, 2.24) is 0 Å². The van der Waals surface area contributed by atoms with E-state index in [0.29, 0.717) is 0 Å². The van der Waals surface area contributed by atoms with Crippen molar-refractivity contribution in [3.63, 3.8) is 0 Å². The molecular weight excluding hydrogens is 627 g/mol. The van der Waals surface area contributed by atoms with Gasteiger partial charge < -0.3 is 24.8 Å². The maximum absolute atomic E-state index is 3.30. The van der Waals surface area contributed by atoms with Crippen molar-refractivity contribution in [1.29, 1.82) is 0 Å². The second-order valence-electron chi connectivity index (χ2n) is 9.14. The van der Waals surface area contributed by atoms with Gasteiger partial charge in [0.2, 0.25) is 0 Å². The fourth-order valence-electron chi connectivity index (χ4n) is 4.63. The number of hydrogen-bond donors (Lipinski definition) is 0. The zero-order chi connectivity index (χ0) is 26.2. The third-order valence-electron chi connectivity index (χ3n) is 6.61. The molecule has 0 unspecified atom stereocenters. The first-order chi connectivity index (χ1) is 18.7. The Balaban J connectivity index is 0.000000162. The first-order valence-corrected chi connectivity index (χ1v) is 14.9. The van der Waals surface area contributed by atoms with Gasteiger partial charge in [0.1, 0.15) is 0 Å². The topological polar surface area (TPSA) is 0 Å². The molecule has 0 nitrogen and oxygen atoms in total. The molecule has 1 aliphatic carbocycles. The van der Waals surface area contributed by atoms with Crippen LogP contribution in [0.3, 0.4) is 0 Å². The van der Waals surface area contributed by atoms with Crippen LogP contribution in [0, 0.1) is 13.0 Å². The average Bonchev–Trinajstić information content (AvgIpc) is 3.74. The number of benzene rings is 4. The van der Waals surface area contributed by atoms with Crippen LogP contribution >= 0.6 is 11.3 Å². The van der Waals surface area contributed by atoms with Crippen LogP contribution in [0.25, 0.3) is 22.3 Å². The summed E-state index contributed by atoms with van der Waals surface area (Å²) in [6, 6.07) is 47.8. The van der Waals surface area contributed by atoms with Crippen LogP contribution in [0.5, 0.6) is 0 Å². The van der Waals surface area contributed by atoms with Gasteiger partial charge in [-0.2, -0.15) is 35.9 Å². The van der Waals surface area contributed by atoms with E-state index in [1.807, 2.05) is 6.07 Å². The zero-order valence-corrected chi connectivity index (χ0v) is 26.9. The smallest absolute Gasteiger partial charge is 0.0253 e. The Labute approximate surface area is 269 Å². The van der Waals surface area contributed by atoms with E-state index in [0.717, 1.165) is 6.42 Å². The zero-order valence-electron chi connectivity index (χ0n) is 22.2. The molecule has 0 radical (unpaired) electrons. The Bertz CT molecular complexity index is 1520. The summed E-state index contributed by atoms with van der Waals surface area (Å²) >= 11 is 3.21. The van der Waals surface area contributed by atoms with E-state index in [-0.39, 0.29) is 24.8 Å². The van der Waals surface area contributed by atoms with Crippen LogP contribution in [0.2, 0.25) is 0 Å². The third kappa shape index (κ3) is 7.93. The van der Waals surface area contributed by atoms with Gasteiger partial charge in [-0.15, -0.1) is 34.9 Å². The summed E-state index contributed by atoms with van der Waals surface area (Å²) < 4.78 is 1.42. The van der Waals surface area contributed by atoms with E-state index < -0.39 is 0 Å². The van der Waals surface area contributed by atoms with Gasteiger partial charge in [-0.1, -0.05) is 58.6 Å². The molecule has 0 amide bonds. The van der Waals surface area contributed by atoms with E-state index in [4.69, 9.17) is 0 Å². The van der Waals surface area contributed by atoms with Crippen molar-refractivity contribution in [2.45, 2.75) is 13.3 Å². The molecule has 1 heterocycles. The number of halogens is 2. The number of hydrogen-bond acceptors (Lipinski definition) is 1. The predicted octanol–water partition coefficient (Wildman–Crippen LogP) is 3.31. The van der Waals surface area contributed by atoms with Crippen LogP contribution in [0.4, 0.5) is 0 Å². The predicted molar refractivity (Wildman–Crippen MR) is 160 cm³/mol. The maximum atomic E-state index is 3.30. The Morgan fingerprint density at radius 3 is 1.95 bits per heavy atom. The summed E-state index contributed by atoms with van der Waals surface area (Å²) in [5, 5.41) is 4.30. The molecular formula is C36H28Cl2SZr-2. The van der Waals surface area contributed by atoms with Gasteiger partial charge in [-0.05, 0) is 6.42 Å². The van der Waals surface area contributed by atoms with Crippen molar-refractivity contribution in [2.75, 3.05) is 0 Å². The van der Waals surface area contributed by atoms with Gasteiger partial charge in [0.15, 0.2) is 0 Å². The van der Waals surface area contributed by atoms with Gasteiger partial charge in [-0.3, -0.25) is 0 Å². The number of aryl methyl sites for hydroxylation is 1. The van der Waals surface area contributed by atoms with Crippen LogP contribution in [-0.4, -0.2) is 3.21 Å². The Morgan fingerprint density at radius 1 is 0.725 bits per heavy atom. The van der Waals surface area contributed by atoms with E-state index in [9.17, 15) is 0 Å². The molecule has 0 aliphatic heterocycles. The molecule has 4 heteroatoms. The van der Waals surface area contributed by atoms with Crippen molar-refractivity contribution in [2.24, 2.45) is 0 Å². The van der Waals surface area contributed by atoms with Gasteiger partial charge in [0, 0.05) is 0 Å². The van der Waals surface area contributed by atoms with Gasteiger partial charge >= 0.3 is 99.2 Å². The quantitative estimate of drug-likeness (QED) is 0.257. The summed E-state index contributed by atoms with van der Waals surface area (Å²) in [6.07, 6.45) is 1.05. The van der Waals surface area contributed by atoms with E-state index in [1.54, 1.807) is 11.3 Å². The first-order valence-electron chi connectivity index (χ1n) is 12.7. The van der Waals surface area contributed by atoms with E-state index in [1.165, 1.54) is 77.5 Å². The molecule has 1 aliphatic rings. The van der Waals surface area contributed by atoms with Crippen molar-refractivity contribution in [3.05, 3.63) is 172 Å². The van der Waals surface area contributed by atoms with Gasteiger partial charge in [-0.25, -0.2) is 11.3 Å². The van der Waals surface area contributed by atoms with Crippen LogP contribution in [-0.2, 0) is 30.7 Å². The first kappa shape index (κ1) is 31.8. The summed E-state index contributed by atoms with van der Waals surface area (Å²) in [7, 11) is 0. The monoisotopic (exact) mass is 652 g/mol. The molecule has 5 aromatic carbocycles. The molecule has 0 bridgehead atoms. The summed E-state index contributed by atoms with van der Waals surface area (Å²) in [6.45, 7) is 2.15. The maximum Gasteiger partial charge on any atom is -0.0253 e. The minimum Gasteiger partial charge on any atom is -0.179 e. The Hall–Kier alpha value is -2.74. The van der Waals surface area contributed by atoms with Crippen molar-refractivity contribution in [3.8, 4) is 22.3 Å². The number of rotatable bonds is 3. The van der Waals surface area contributed by atoms with Crippen LogP contribution in [0.1, 0.15) is 27.8 Å². The normalized spacial score (nSPS) is 10.3. The summed E-state index contributed by atoms with van der Waals surface area (Å²) in [5.74, 6) is 0. The standard InChI is InChI=1S/C13H9.C13H10.C10H9S.2ClH.Zr/c1-3-7-12-10(5-1)9-11-6-2-4-8-13(11)12;1-3-7-12(8-4-1)11-13-9-5-2-6-10-13;1-8-3-2-4-10(8)9-5-6-11-7-9;;;/h1-5,7-8H,9H2;1-10H;2-7H,1H3;2*1H;/q-1;;-1;;;+2/p-2. The second kappa shape index (κ2) is 15.9. The molecule has 198 valence electrons. The SMILES string of the molecule is Cc1ccc[c-]1-c1ccsc1.[Cl-].[Cl-].[Zr+2]=[C](c1ccccc1)c1ccccc1.[c-]1cccc2c1Cc1ccccc1-2. The minimum atomic E-state index is 0. The summed E-state index contributed by atoms with van der Waals surface area (Å²) in [4.78, 5) is 0. The molecule has 0 atom stereocenters. The van der Waals surface area contributed by atoms with E-state index in [2.05, 4.69) is 145 Å². The van der Waals surface area contributed by atoms with Crippen molar-refractivity contribution >= 4 is 14.5 Å². The van der Waals surface area contributed by atoms with E-state index >= 15 is 0 Å². The van der Waals surface area contributed by atoms with Gasteiger partial charge in [0.25, 0.3) is 0 Å². The molecule has 40 heavy (non-hydrogen) atoms. The van der Waals surface area contributed by atoms with Crippen LogP contribution < -0.4 is 24.8 Å². The summed E-state index contributed by atoms with van der Waals surface area (Å²) in [5.41, 5.74) is 12.2. The number of thiophene rings is 1. The molecule has 0 spiro atoms. The molecule has 7 rings (SSSR count). The third-order valence-corrected chi connectivity index (χ3v) is 8.71. The fraction of sp³-hybridized carbons (Fsp3) is 0.0556. The van der Waals surface area contributed by atoms with Crippen LogP contribution in [0.15, 0.2) is 138 Å². The Kier molecular flexibility index (Phi) is 12.6. The molecule has 0 fully saturated rings. The Morgan fingerprint density at radius 2 is 1.35 bits per heavy atom. The second-order valence-corrected chi connectivity index (χ2v) is 11.1. The van der Waals surface area contributed by atoms with Gasteiger partial charge in [0.05, 0.1) is 0 Å². The minimum absolute atomic E-state index is 0. The molecule has 0 N–H and O–H groups in total. The largest absolute Gasteiger partial charge is 0.179 e. The fourth-order valence-corrected chi connectivity index (χ4v) is 6.10. The molecule has 6 aromatic rings. The molecule has 0 saturated carbocycles. The van der Waals surface area contributed by atoms with Crippen molar-refractivity contribution < 1.29 is 49.0 Å². The molecule has 1 aromatic heterocycles. The average molecular weight is 655 g/mol. The number of fused-ring (bicyclic) bond motifs is 3.